The molecule has 1 amide bonds. The zero-order chi connectivity index (χ0) is 12.7. The molecular weight excluding hydrogens is 218 g/mol. The van der Waals surface area contributed by atoms with Crippen molar-refractivity contribution in [2.75, 3.05) is 6.61 Å². The van der Waals surface area contributed by atoms with Gasteiger partial charge in [0.2, 0.25) is 0 Å². The van der Waals surface area contributed by atoms with E-state index in [2.05, 4.69) is 0 Å². The summed E-state index contributed by atoms with van der Waals surface area (Å²) in [5.41, 5.74) is -0.780. The Hall–Kier alpha value is -0.770. The third kappa shape index (κ3) is 2.57. The molecule has 4 heteroatoms. The molecule has 2 aliphatic rings. The molecule has 0 aliphatic heterocycles. The summed E-state index contributed by atoms with van der Waals surface area (Å²) in [5.74, 6) is 0. The third-order valence-electron chi connectivity index (χ3n) is 3.66. The number of hydrogen-bond acceptors (Lipinski definition) is 3. The monoisotopic (exact) mass is 241 g/mol. The quantitative estimate of drug-likeness (QED) is 0.824. The molecule has 0 bridgehead atoms. The van der Waals surface area contributed by atoms with E-state index in [0.717, 1.165) is 25.7 Å². The molecule has 0 saturated heterocycles. The second-order valence-corrected chi connectivity index (χ2v) is 6.32. The highest BCUT2D eigenvalue weighted by Gasteiger charge is 2.54. The minimum absolute atomic E-state index is 0.0583. The van der Waals surface area contributed by atoms with Crippen LogP contribution in [0.5, 0.6) is 0 Å². The van der Waals surface area contributed by atoms with Crippen LogP contribution in [-0.4, -0.2) is 39.9 Å². The summed E-state index contributed by atoms with van der Waals surface area (Å²) in [4.78, 5) is 14.1. The Morgan fingerprint density at radius 2 is 2.00 bits per heavy atom. The van der Waals surface area contributed by atoms with Crippen molar-refractivity contribution in [2.45, 2.75) is 70.1 Å². The maximum absolute atomic E-state index is 12.2. The first-order valence-corrected chi connectivity index (χ1v) is 6.51. The van der Waals surface area contributed by atoms with Crippen molar-refractivity contribution in [1.82, 2.24) is 4.90 Å². The Labute approximate surface area is 103 Å². The highest BCUT2D eigenvalue weighted by Crippen LogP contribution is 2.46. The lowest BCUT2D eigenvalue weighted by Gasteiger charge is -2.42. The summed E-state index contributed by atoms with van der Waals surface area (Å²) in [7, 11) is 0. The third-order valence-corrected chi connectivity index (χ3v) is 3.66. The second kappa shape index (κ2) is 4.16. The van der Waals surface area contributed by atoms with Gasteiger partial charge in [-0.15, -0.1) is 0 Å². The number of hydrogen-bond donors (Lipinski definition) is 1. The first-order valence-electron chi connectivity index (χ1n) is 6.51. The Bertz CT molecular complexity index is 300. The molecule has 0 radical (unpaired) electrons. The summed E-state index contributed by atoms with van der Waals surface area (Å²) in [5, 5.41) is 9.49. The van der Waals surface area contributed by atoms with Gasteiger partial charge in [0.1, 0.15) is 5.60 Å². The SMILES string of the molecule is CC(C)(C)OC(=O)N(C1CCC1)C1(CO)CC1. The standard InChI is InChI=1S/C13H23NO3/c1-12(2,3)17-11(16)14(10-5-4-6-10)13(9-15)7-8-13/h10,15H,4-9H2,1-3H3. The molecule has 2 saturated carbocycles. The van der Waals surface area contributed by atoms with Crippen molar-refractivity contribution in [2.24, 2.45) is 0 Å². The fourth-order valence-corrected chi connectivity index (χ4v) is 2.31. The van der Waals surface area contributed by atoms with Gasteiger partial charge in [0.05, 0.1) is 12.1 Å². The fourth-order valence-electron chi connectivity index (χ4n) is 2.31. The van der Waals surface area contributed by atoms with Crippen LogP contribution in [0.4, 0.5) is 4.79 Å². The zero-order valence-corrected chi connectivity index (χ0v) is 11.0. The van der Waals surface area contributed by atoms with E-state index in [4.69, 9.17) is 4.74 Å². The summed E-state index contributed by atoms with van der Waals surface area (Å²) in [6.45, 7) is 5.69. The molecule has 4 nitrogen and oxygen atoms in total. The smallest absolute Gasteiger partial charge is 0.411 e. The number of rotatable bonds is 3. The highest BCUT2D eigenvalue weighted by molar-refractivity contribution is 5.70. The lowest BCUT2D eigenvalue weighted by Crippen LogP contribution is -2.54. The van der Waals surface area contributed by atoms with Gasteiger partial charge in [0.15, 0.2) is 0 Å². The summed E-state index contributed by atoms with van der Waals surface area (Å²) in [6.07, 6.45) is 4.81. The number of carbonyl (C=O) groups is 1. The van der Waals surface area contributed by atoms with Gasteiger partial charge in [0.25, 0.3) is 0 Å². The van der Waals surface area contributed by atoms with Gasteiger partial charge in [-0.05, 0) is 52.9 Å². The van der Waals surface area contributed by atoms with E-state index < -0.39 is 5.60 Å². The molecule has 1 N–H and O–H groups in total. The lowest BCUT2D eigenvalue weighted by molar-refractivity contribution is -0.0207. The first kappa shape index (κ1) is 12.7. The van der Waals surface area contributed by atoms with Crippen LogP contribution in [0.3, 0.4) is 0 Å². The van der Waals surface area contributed by atoms with E-state index in [-0.39, 0.29) is 24.3 Å². The largest absolute Gasteiger partial charge is 0.444 e. The van der Waals surface area contributed by atoms with Crippen LogP contribution < -0.4 is 0 Å². The molecule has 0 spiro atoms. The molecule has 2 aliphatic carbocycles. The predicted octanol–water partition coefficient (Wildman–Crippen LogP) is 2.30. The molecule has 0 aromatic carbocycles. The normalized spacial score (nSPS) is 22.8. The van der Waals surface area contributed by atoms with Crippen LogP contribution in [0.2, 0.25) is 0 Å². The summed E-state index contributed by atoms with van der Waals surface area (Å²) < 4.78 is 5.46. The van der Waals surface area contributed by atoms with Crippen LogP contribution in [0.25, 0.3) is 0 Å². The van der Waals surface area contributed by atoms with Crippen LogP contribution in [-0.2, 0) is 4.74 Å². The molecule has 98 valence electrons. The van der Waals surface area contributed by atoms with E-state index in [1.165, 1.54) is 6.42 Å². The maximum atomic E-state index is 12.2. The Balaban J connectivity index is 2.08. The number of aliphatic hydroxyl groups excluding tert-OH is 1. The van der Waals surface area contributed by atoms with Crippen molar-refractivity contribution in [3.05, 3.63) is 0 Å². The minimum Gasteiger partial charge on any atom is -0.444 e. The van der Waals surface area contributed by atoms with Gasteiger partial charge in [-0.1, -0.05) is 0 Å². The van der Waals surface area contributed by atoms with Crippen LogP contribution >= 0.6 is 0 Å². The minimum atomic E-state index is -0.468. The van der Waals surface area contributed by atoms with Gasteiger partial charge in [0, 0.05) is 6.04 Å². The molecule has 17 heavy (non-hydrogen) atoms. The predicted molar refractivity (Wildman–Crippen MR) is 64.8 cm³/mol. The average molecular weight is 241 g/mol. The van der Waals surface area contributed by atoms with E-state index in [1.807, 2.05) is 25.7 Å². The second-order valence-electron chi connectivity index (χ2n) is 6.32. The molecule has 0 aromatic rings. The van der Waals surface area contributed by atoms with E-state index in [0.29, 0.717) is 0 Å². The van der Waals surface area contributed by atoms with Crippen molar-refractivity contribution >= 4 is 6.09 Å². The van der Waals surface area contributed by atoms with Crippen LogP contribution in [0.15, 0.2) is 0 Å². The highest BCUT2D eigenvalue weighted by atomic mass is 16.6. The molecule has 2 rings (SSSR count). The fraction of sp³-hybridized carbons (Fsp3) is 0.923. The van der Waals surface area contributed by atoms with Crippen LogP contribution in [0, 0.1) is 0 Å². The number of carbonyl (C=O) groups excluding carboxylic acids is 1. The number of nitrogens with zero attached hydrogens (tertiary/aromatic N) is 1. The van der Waals surface area contributed by atoms with E-state index in [9.17, 15) is 9.90 Å². The van der Waals surface area contributed by atoms with Crippen molar-refractivity contribution in [3.63, 3.8) is 0 Å². The molecule has 0 atom stereocenters. The topological polar surface area (TPSA) is 49.8 Å². The summed E-state index contributed by atoms with van der Waals surface area (Å²) >= 11 is 0. The Morgan fingerprint density at radius 3 is 2.29 bits per heavy atom. The van der Waals surface area contributed by atoms with Gasteiger partial charge in [-0.2, -0.15) is 0 Å². The Kier molecular flexibility index (Phi) is 3.10. The van der Waals surface area contributed by atoms with Gasteiger partial charge < -0.3 is 9.84 Å². The van der Waals surface area contributed by atoms with Gasteiger partial charge in [-0.25, -0.2) is 4.79 Å². The van der Waals surface area contributed by atoms with E-state index in [1.54, 1.807) is 0 Å². The van der Waals surface area contributed by atoms with Gasteiger partial charge >= 0.3 is 6.09 Å². The Morgan fingerprint density at radius 1 is 1.41 bits per heavy atom. The molecule has 0 aromatic heterocycles. The molecule has 2 fully saturated rings. The number of ether oxygens (including phenoxy) is 1. The van der Waals surface area contributed by atoms with Gasteiger partial charge in [-0.3, -0.25) is 4.90 Å². The lowest BCUT2D eigenvalue weighted by atomic mass is 9.90. The van der Waals surface area contributed by atoms with Crippen molar-refractivity contribution in [3.8, 4) is 0 Å². The molecule has 0 unspecified atom stereocenters. The van der Waals surface area contributed by atoms with Crippen LogP contribution in [0.1, 0.15) is 52.9 Å². The zero-order valence-electron chi connectivity index (χ0n) is 11.0. The first-order chi connectivity index (χ1) is 7.88. The van der Waals surface area contributed by atoms with Crippen molar-refractivity contribution < 1.29 is 14.6 Å². The average Bonchev–Trinajstić information content (AvgIpc) is 2.88. The number of amides is 1. The maximum Gasteiger partial charge on any atom is 0.411 e. The number of aliphatic hydroxyl groups is 1. The molecule has 0 heterocycles. The van der Waals surface area contributed by atoms with E-state index >= 15 is 0 Å². The molecular formula is C13H23NO3. The van der Waals surface area contributed by atoms with Crippen molar-refractivity contribution in [1.29, 1.82) is 0 Å². The summed E-state index contributed by atoms with van der Waals surface area (Å²) in [6, 6.07) is 0.277.